The zero-order chi connectivity index (χ0) is 11.8. The zero-order valence-corrected chi connectivity index (χ0v) is 9.17. The van der Waals surface area contributed by atoms with E-state index in [0.717, 1.165) is 6.07 Å². The molecule has 0 fully saturated rings. The molecule has 2 nitrogen and oxygen atoms in total. The normalized spacial score (nSPS) is 11.7. The van der Waals surface area contributed by atoms with Gasteiger partial charge in [-0.15, -0.1) is 0 Å². The average molecular weight is 334 g/mol. The lowest BCUT2D eigenvalue weighted by atomic mass is 9.79. The Morgan fingerprint density at radius 2 is 1.73 bits per heavy atom. The second-order valence-corrected chi connectivity index (χ2v) is 3.97. The van der Waals surface area contributed by atoms with Crippen molar-refractivity contribution in [3.8, 4) is 0 Å². The summed E-state index contributed by atoms with van der Waals surface area (Å²) in [5.74, 6) is -1.65. The van der Waals surface area contributed by atoms with Gasteiger partial charge >= 0.3 is 13.3 Å². The van der Waals surface area contributed by atoms with E-state index in [4.69, 9.17) is 10.0 Å². The first-order valence-corrected chi connectivity index (χ1v) is 4.73. The summed E-state index contributed by atoms with van der Waals surface area (Å²) in [6.07, 6.45) is -4.85. The Morgan fingerprint density at radius 1 is 1.20 bits per heavy atom. The number of hydrogen-bond donors (Lipinski definition) is 2. The molecule has 0 heterocycles. The highest BCUT2D eigenvalue weighted by Crippen LogP contribution is 2.31. The SMILES string of the molecule is OB(O)c1cc(I)cc(C(F)(F)F)c1F. The molecule has 82 valence electrons. The minimum Gasteiger partial charge on any atom is -0.423 e. The highest BCUT2D eigenvalue weighted by Gasteiger charge is 2.36. The predicted octanol–water partition coefficient (Wildman–Crippen LogP) is 1.13. The third kappa shape index (κ3) is 2.82. The van der Waals surface area contributed by atoms with Crippen LogP contribution in [0.15, 0.2) is 12.1 Å². The van der Waals surface area contributed by atoms with Crippen molar-refractivity contribution in [3.05, 3.63) is 27.1 Å². The van der Waals surface area contributed by atoms with Crippen LogP contribution in [0.1, 0.15) is 5.56 Å². The van der Waals surface area contributed by atoms with Crippen LogP contribution >= 0.6 is 22.6 Å². The van der Waals surface area contributed by atoms with Crippen LogP contribution in [0, 0.1) is 9.39 Å². The van der Waals surface area contributed by atoms with Crippen molar-refractivity contribution in [2.45, 2.75) is 6.18 Å². The second kappa shape index (κ2) is 4.26. The summed E-state index contributed by atoms with van der Waals surface area (Å²) in [7, 11) is -2.26. The average Bonchev–Trinajstić information content (AvgIpc) is 2.06. The van der Waals surface area contributed by atoms with Crippen molar-refractivity contribution in [1.29, 1.82) is 0 Å². The first-order chi connectivity index (χ1) is 6.73. The van der Waals surface area contributed by atoms with Crippen LogP contribution in [0.5, 0.6) is 0 Å². The highest BCUT2D eigenvalue weighted by molar-refractivity contribution is 14.1. The number of alkyl halides is 3. The Kier molecular flexibility index (Phi) is 3.61. The molecule has 0 aliphatic rings. The van der Waals surface area contributed by atoms with Crippen LogP contribution in [-0.4, -0.2) is 17.2 Å². The first-order valence-electron chi connectivity index (χ1n) is 3.65. The molecule has 0 radical (unpaired) electrons. The highest BCUT2D eigenvalue weighted by atomic mass is 127. The largest absolute Gasteiger partial charge is 0.491 e. The van der Waals surface area contributed by atoms with E-state index in [1.807, 2.05) is 0 Å². The Morgan fingerprint density at radius 3 is 2.13 bits per heavy atom. The van der Waals surface area contributed by atoms with Crippen molar-refractivity contribution >= 4 is 35.2 Å². The van der Waals surface area contributed by atoms with Crippen molar-refractivity contribution in [2.24, 2.45) is 0 Å². The Hall–Kier alpha value is -0.345. The number of rotatable bonds is 1. The lowest BCUT2D eigenvalue weighted by Crippen LogP contribution is -2.35. The van der Waals surface area contributed by atoms with E-state index in [1.165, 1.54) is 22.6 Å². The van der Waals surface area contributed by atoms with Gasteiger partial charge in [0.2, 0.25) is 0 Å². The van der Waals surface area contributed by atoms with Gasteiger partial charge in [0, 0.05) is 9.03 Å². The summed E-state index contributed by atoms with van der Waals surface area (Å²) in [6.45, 7) is 0. The Balaban J connectivity index is 3.42. The van der Waals surface area contributed by atoms with E-state index in [9.17, 15) is 17.6 Å². The summed E-state index contributed by atoms with van der Waals surface area (Å²) >= 11 is 1.53. The molecule has 0 spiro atoms. The minimum absolute atomic E-state index is 0.0735. The molecule has 2 N–H and O–H groups in total. The molecule has 0 aliphatic heterocycles. The molecule has 0 aromatic heterocycles. The Bertz CT molecular complexity index is 380. The molecular weight excluding hydrogens is 330 g/mol. The van der Waals surface area contributed by atoms with E-state index in [1.54, 1.807) is 0 Å². The van der Waals surface area contributed by atoms with Gasteiger partial charge in [-0.3, -0.25) is 0 Å². The third-order valence-corrected chi connectivity index (χ3v) is 2.27. The molecule has 0 amide bonds. The first kappa shape index (κ1) is 12.7. The Labute approximate surface area is 96.2 Å². The van der Waals surface area contributed by atoms with E-state index >= 15 is 0 Å². The van der Waals surface area contributed by atoms with Gasteiger partial charge in [-0.2, -0.15) is 13.2 Å². The van der Waals surface area contributed by atoms with E-state index < -0.39 is 30.1 Å². The fourth-order valence-corrected chi connectivity index (χ4v) is 1.65. The topological polar surface area (TPSA) is 40.5 Å². The number of hydrogen-bond acceptors (Lipinski definition) is 2. The molecule has 8 heteroatoms. The van der Waals surface area contributed by atoms with Gasteiger partial charge in [-0.25, -0.2) is 4.39 Å². The molecule has 0 aliphatic carbocycles. The standard InChI is InChI=1S/C7H4BF4IO2/c9-6-4(7(10,11)12)1-3(13)2-5(6)8(14)15/h1-2,14-15H. The van der Waals surface area contributed by atoms with Crippen LogP contribution in [0.25, 0.3) is 0 Å². The fraction of sp³-hybridized carbons (Fsp3) is 0.143. The molecular formula is C7H4BF4IO2. The van der Waals surface area contributed by atoms with Crippen LogP contribution in [0.2, 0.25) is 0 Å². The quantitative estimate of drug-likeness (QED) is 0.459. The smallest absolute Gasteiger partial charge is 0.423 e. The van der Waals surface area contributed by atoms with Crippen molar-refractivity contribution < 1.29 is 27.6 Å². The third-order valence-electron chi connectivity index (χ3n) is 1.65. The van der Waals surface area contributed by atoms with Crippen molar-refractivity contribution in [2.75, 3.05) is 0 Å². The minimum atomic E-state index is -4.85. The molecule has 1 aromatic rings. The summed E-state index contributed by atoms with van der Waals surface area (Å²) < 4.78 is 50.0. The summed E-state index contributed by atoms with van der Waals surface area (Å²) in [5.41, 5.74) is -2.29. The second-order valence-electron chi connectivity index (χ2n) is 2.73. The predicted molar refractivity (Wildman–Crippen MR) is 53.9 cm³/mol. The molecule has 0 saturated carbocycles. The van der Waals surface area contributed by atoms with E-state index in [0.29, 0.717) is 6.07 Å². The molecule has 15 heavy (non-hydrogen) atoms. The maximum absolute atomic E-state index is 13.2. The monoisotopic (exact) mass is 334 g/mol. The lowest BCUT2D eigenvalue weighted by molar-refractivity contribution is -0.139. The number of halogens is 5. The fourth-order valence-electron chi connectivity index (χ4n) is 1.00. The van der Waals surface area contributed by atoms with Crippen molar-refractivity contribution in [3.63, 3.8) is 0 Å². The van der Waals surface area contributed by atoms with Gasteiger partial charge in [-0.05, 0) is 34.7 Å². The van der Waals surface area contributed by atoms with Crippen molar-refractivity contribution in [1.82, 2.24) is 0 Å². The van der Waals surface area contributed by atoms with Gasteiger partial charge < -0.3 is 10.0 Å². The van der Waals surface area contributed by atoms with Gasteiger partial charge in [0.15, 0.2) is 0 Å². The summed E-state index contributed by atoms with van der Waals surface area (Å²) in [4.78, 5) is 0. The molecule has 0 bridgehead atoms. The molecule has 0 unspecified atom stereocenters. The maximum atomic E-state index is 13.2. The molecule has 1 aromatic carbocycles. The van der Waals surface area contributed by atoms with Gasteiger partial charge in [0.1, 0.15) is 5.82 Å². The van der Waals surface area contributed by atoms with Crippen LogP contribution in [0.4, 0.5) is 17.6 Å². The number of benzene rings is 1. The van der Waals surface area contributed by atoms with Crippen LogP contribution < -0.4 is 5.46 Å². The van der Waals surface area contributed by atoms with Crippen LogP contribution in [0.3, 0.4) is 0 Å². The summed E-state index contributed by atoms with van der Waals surface area (Å²) in [5, 5.41) is 17.3. The van der Waals surface area contributed by atoms with Gasteiger partial charge in [0.25, 0.3) is 0 Å². The van der Waals surface area contributed by atoms with Crippen LogP contribution in [-0.2, 0) is 6.18 Å². The van der Waals surface area contributed by atoms with Gasteiger partial charge in [-0.1, -0.05) is 0 Å². The molecule has 1 rings (SSSR count). The zero-order valence-electron chi connectivity index (χ0n) is 7.02. The van der Waals surface area contributed by atoms with E-state index in [2.05, 4.69) is 0 Å². The summed E-state index contributed by atoms with van der Waals surface area (Å²) in [6, 6.07) is 1.54. The molecule has 0 saturated heterocycles. The lowest BCUT2D eigenvalue weighted by Gasteiger charge is -2.11. The van der Waals surface area contributed by atoms with E-state index in [-0.39, 0.29) is 3.57 Å². The van der Waals surface area contributed by atoms with Gasteiger partial charge in [0.05, 0.1) is 5.56 Å². The maximum Gasteiger partial charge on any atom is 0.491 e. The molecule has 0 atom stereocenters.